The summed E-state index contributed by atoms with van der Waals surface area (Å²) in [6.45, 7) is 1.26. The third kappa shape index (κ3) is 3.80. The Kier molecular flexibility index (Phi) is 4.58. The Morgan fingerprint density at radius 2 is 2.00 bits per heavy atom. The van der Waals surface area contributed by atoms with Crippen LogP contribution in [0.15, 0.2) is 28.7 Å². The average Bonchev–Trinajstić information content (AvgIpc) is 2.38. The van der Waals surface area contributed by atoms with Crippen LogP contribution in [-0.4, -0.2) is 35.0 Å². The van der Waals surface area contributed by atoms with Gasteiger partial charge in [0.2, 0.25) is 0 Å². The molecule has 4 nitrogen and oxygen atoms in total. The van der Waals surface area contributed by atoms with Gasteiger partial charge in [-0.25, -0.2) is 0 Å². The fraction of sp³-hybridized carbons (Fsp3) is 0.429. The number of carbonyl (C=O) groups is 2. The van der Waals surface area contributed by atoms with Gasteiger partial charge in [-0.1, -0.05) is 15.9 Å². The maximum Gasteiger partial charge on any atom is 0.303 e. The first-order valence-electron chi connectivity index (χ1n) is 6.33. The van der Waals surface area contributed by atoms with Gasteiger partial charge in [0.25, 0.3) is 5.91 Å². The van der Waals surface area contributed by atoms with E-state index in [4.69, 9.17) is 5.11 Å². The van der Waals surface area contributed by atoms with Gasteiger partial charge < -0.3 is 10.0 Å². The number of carbonyl (C=O) groups excluding carboxylic acids is 1. The van der Waals surface area contributed by atoms with Crippen LogP contribution < -0.4 is 0 Å². The van der Waals surface area contributed by atoms with Crippen LogP contribution in [0.25, 0.3) is 0 Å². The number of benzene rings is 1. The molecule has 1 aromatic carbocycles. The van der Waals surface area contributed by atoms with Crippen LogP contribution in [0.1, 0.15) is 29.6 Å². The lowest BCUT2D eigenvalue weighted by Crippen LogP contribution is -2.40. The van der Waals surface area contributed by atoms with Crippen molar-refractivity contribution >= 4 is 27.8 Å². The highest BCUT2D eigenvalue weighted by molar-refractivity contribution is 9.10. The van der Waals surface area contributed by atoms with Crippen molar-refractivity contribution in [2.45, 2.75) is 19.3 Å². The van der Waals surface area contributed by atoms with Gasteiger partial charge in [0.15, 0.2) is 0 Å². The molecule has 0 bridgehead atoms. The van der Waals surface area contributed by atoms with Gasteiger partial charge in [-0.05, 0) is 43.0 Å². The summed E-state index contributed by atoms with van der Waals surface area (Å²) >= 11 is 3.34. The summed E-state index contributed by atoms with van der Waals surface area (Å²) in [5, 5.41) is 8.83. The summed E-state index contributed by atoms with van der Waals surface area (Å²) < 4.78 is 0.937. The van der Waals surface area contributed by atoms with Gasteiger partial charge in [0.05, 0.1) is 0 Å². The van der Waals surface area contributed by atoms with Crippen molar-refractivity contribution < 1.29 is 14.7 Å². The van der Waals surface area contributed by atoms with E-state index in [-0.39, 0.29) is 18.2 Å². The van der Waals surface area contributed by atoms with Gasteiger partial charge in [-0.2, -0.15) is 0 Å². The molecule has 0 spiro atoms. The Balaban J connectivity index is 2.02. The third-order valence-corrected chi connectivity index (χ3v) is 3.89. The minimum Gasteiger partial charge on any atom is -0.481 e. The summed E-state index contributed by atoms with van der Waals surface area (Å²) in [5.74, 6) is -0.726. The van der Waals surface area contributed by atoms with Crippen LogP contribution in [0.3, 0.4) is 0 Å². The van der Waals surface area contributed by atoms with E-state index in [1.54, 1.807) is 17.0 Å². The fourth-order valence-corrected chi connectivity index (χ4v) is 2.70. The number of piperidine rings is 1. The van der Waals surface area contributed by atoms with E-state index in [2.05, 4.69) is 15.9 Å². The molecule has 2 rings (SSSR count). The van der Waals surface area contributed by atoms with E-state index < -0.39 is 5.97 Å². The molecule has 19 heavy (non-hydrogen) atoms. The zero-order valence-corrected chi connectivity index (χ0v) is 12.1. The summed E-state index contributed by atoms with van der Waals surface area (Å²) in [6, 6.07) is 7.25. The van der Waals surface area contributed by atoms with Crippen molar-refractivity contribution in [2.24, 2.45) is 5.92 Å². The molecular weight excluding hydrogens is 310 g/mol. The standard InChI is InChI=1S/C14H16BrNO3/c15-12-5-3-11(4-6-12)14(19)16-7-1-2-10(9-16)8-13(17)18/h3-6,10H,1-2,7-9H2,(H,17,18). The van der Waals surface area contributed by atoms with E-state index >= 15 is 0 Å². The van der Waals surface area contributed by atoms with E-state index in [9.17, 15) is 9.59 Å². The Bertz CT molecular complexity index is 472. The molecule has 0 radical (unpaired) electrons. The SMILES string of the molecule is O=C(O)CC1CCCN(C(=O)c2ccc(Br)cc2)C1. The quantitative estimate of drug-likeness (QED) is 0.929. The van der Waals surface area contributed by atoms with Crippen molar-refractivity contribution in [1.82, 2.24) is 4.90 Å². The van der Waals surface area contributed by atoms with Crippen LogP contribution in [-0.2, 0) is 4.79 Å². The summed E-state index contributed by atoms with van der Waals surface area (Å²) in [6.07, 6.45) is 1.90. The van der Waals surface area contributed by atoms with E-state index in [0.717, 1.165) is 17.3 Å². The molecule has 1 heterocycles. The van der Waals surface area contributed by atoms with Gasteiger partial charge in [0.1, 0.15) is 0 Å². The fourth-order valence-electron chi connectivity index (χ4n) is 2.44. The summed E-state index contributed by atoms with van der Waals surface area (Å²) in [7, 11) is 0. The predicted octanol–water partition coefficient (Wildman–Crippen LogP) is 2.78. The van der Waals surface area contributed by atoms with Crippen LogP contribution in [0, 0.1) is 5.92 Å². The molecule has 1 atom stereocenters. The minimum absolute atomic E-state index is 0.0115. The zero-order valence-electron chi connectivity index (χ0n) is 10.5. The van der Waals surface area contributed by atoms with Crippen molar-refractivity contribution in [3.8, 4) is 0 Å². The molecule has 1 aromatic rings. The molecule has 1 aliphatic rings. The first-order chi connectivity index (χ1) is 9.06. The lowest BCUT2D eigenvalue weighted by atomic mass is 9.94. The molecular formula is C14H16BrNO3. The van der Waals surface area contributed by atoms with E-state index in [1.807, 2.05) is 12.1 Å². The molecule has 0 saturated carbocycles. The number of hydrogen-bond acceptors (Lipinski definition) is 2. The van der Waals surface area contributed by atoms with Crippen LogP contribution in [0.4, 0.5) is 0 Å². The van der Waals surface area contributed by atoms with Crippen molar-refractivity contribution in [1.29, 1.82) is 0 Å². The number of amides is 1. The minimum atomic E-state index is -0.789. The number of hydrogen-bond donors (Lipinski definition) is 1. The molecule has 1 unspecified atom stereocenters. The maximum atomic E-state index is 12.3. The molecule has 1 N–H and O–H groups in total. The molecule has 1 saturated heterocycles. The Morgan fingerprint density at radius 1 is 1.32 bits per heavy atom. The summed E-state index contributed by atoms with van der Waals surface area (Å²) in [5.41, 5.74) is 0.652. The van der Waals surface area contributed by atoms with Gasteiger partial charge >= 0.3 is 5.97 Å². The highest BCUT2D eigenvalue weighted by Crippen LogP contribution is 2.21. The Morgan fingerprint density at radius 3 is 2.63 bits per heavy atom. The van der Waals surface area contributed by atoms with Crippen LogP contribution in [0.5, 0.6) is 0 Å². The summed E-state index contributed by atoms with van der Waals surface area (Å²) in [4.78, 5) is 24.8. The molecule has 1 amide bonds. The topological polar surface area (TPSA) is 57.6 Å². The molecule has 1 aliphatic heterocycles. The molecule has 102 valence electrons. The van der Waals surface area contributed by atoms with Crippen LogP contribution >= 0.6 is 15.9 Å². The molecule has 1 fully saturated rings. The molecule has 5 heteroatoms. The number of carboxylic acid groups (broad SMARTS) is 1. The lowest BCUT2D eigenvalue weighted by Gasteiger charge is -2.32. The second-order valence-corrected chi connectivity index (χ2v) is 5.78. The zero-order chi connectivity index (χ0) is 13.8. The van der Waals surface area contributed by atoms with E-state index in [0.29, 0.717) is 18.7 Å². The van der Waals surface area contributed by atoms with Crippen LogP contribution in [0.2, 0.25) is 0 Å². The van der Waals surface area contributed by atoms with E-state index in [1.165, 1.54) is 0 Å². The van der Waals surface area contributed by atoms with Crippen molar-refractivity contribution in [3.05, 3.63) is 34.3 Å². The van der Waals surface area contributed by atoms with Crippen molar-refractivity contribution in [2.75, 3.05) is 13.1 Å². The van der Waals surface area contributed by atoms with Gasteiger partial charge in [-0.3, -0.25) is 9.59 Å². The Labute approximate surface area is 120 Å². The number of nitrogens with zero attached hydrogens (tertiary/aromatic N) is 1. The smallest absolute Gasteiger partial charge is 0.303 e. The lowest BCUT2D eigenvalue weighted by molar-refractivity contribution is -0.138. The third-order valence-electron chi connectivity index (χ3n) is 3.36. The number of carboxylic acids is 1. The first kappa shape index (κ1) is 14.1. The highest BCUT2D eigenvalue weighted by Gasteiger charge is 2.25. The monoisotopic (exact) mass is 325 g/mol. The maximum absolute atomic E-state index is 12.3. The van der Waals surface area contributed by atoms with Gasteiger partial charge in [-0.15, -0.1) is 0 Å². The average molecular weight is 326 g/mol. The number of likely N-dealkylation sites (tertiary alicyclic amines) is 1. The second-order valence-electron chi connectivity index (χ2n) is 4.86. The molecule has 0 aliphatic carbocycles. The Hall–Kier alpha value is -1.36. The number of halogens is 1. The number of aliphatic carboxylic acids is 1. The number of rotatable bonds is 3. The normalized spacial score (nSPS) is 19.2. The predicted molar refractivity (Wildman–Crippen MR) is 75.0 cm³/mol. The molecule has 0 aromatic heterocycles. The first-order valence-corrected chi connectivity index (χ1v) is 7.12. The largest absolute Gasteiger partial charge is 0.481 e. The highest BCUT2D eigenvalue weighted by atomic mass is 79.9. The van der Waals surface area contributed by atoms with Gasteiger partial charge in [0, 0.05) is 29.5 Å². The second kappa shape index (κ2) is 6.19. The van der Waals surface area contributed by atoms with Crippen molar-refractivity contribution in [3.63, 3.8) is 0 Å².